The van der Waals surface area contributed by atoms with Crippen molar-refractivity contribution in [3.63, 3.8) is 0 Å². The van der Waals surface area contributed by atoms with Gasteiger partial charge in [-0.1, -0.05) is 13.8 Å². The van der Waals surface area contributed by atoms with Crippen LogP contribution < -0.4 is 15.4 Å². The van der Waals surface area contributed by atoms with Gasteiger partial charge in [0.25, 0.3) is 0 Å². The minimum absolute atomic E-state index is 0.0167. The number of anilines is 1. The van der Waals surface area contributed by atoms with Crippen LogP contribution >= 0.6 is 0 Å². The van der Waals surface area contributed by atoms with Gasteiger partial charge in [0.15, 0.2) is 5.82 Å². The first-order chi connectivity index (χ1) is 16.9. The first-order valence-electron chi connectivity index (χ1n) is 11.5. The minimum atomic E-state index is -4.74. The van der Waals surface area contributed by atoms with Crippen molar-refractivity contribution < 1.29 is 37.0 Å². The standard InChI is InChI=1S/C25H33F3N4O5/c1-15(2)12-24(6,29)13-36-19-9-8-16(10-17(19)25(26,27)28)18-11-20(31-14-30-18)32(21(33)35-7)22(34)37-23(3,4)5/h8-11,14-15H,12-13,29H2,1-7H3/t24-/m0/s1. The second-order valence-corrected chi connectivity index (χ2v) is 10.3. The van der Waals surface area contributed by atoms with E-state index in [4.69, 9.17) is 15.2 Å². The summed E-state index contributed by atoms with van der Waals surface area (Å²) >= 11 is 0. The highest BCUT2D eigenvalue weighted by Crippen LogP contribution is 2.39. The smallest absolute Gasteiger partial charge is 0.425 e. The third-order valence-electron chi connectivity index (χ3n) is 4.83. The number of aromatic nitrogens is 2. The normalized spacial score (nSPS) is 13.6. The van der Waals surface area contributed by atoms with E-state index in [9.17, 15) is 22.8 Å². The molecule has 0 aliphatic rings. The number of alkyl halides is 3. The number of hydrogen-bond donors (Lipinski definition) is 1. The summed E-state index contributed by atoms with van der Waals surface area (Å²) in [6, 6.07) is 4.60. The zero-order valence-electron chi connectivity index (χ0n) is 22.0. The van der Waals surface area contributed by atoms with E-state index >= 15 is 0 Å². The van der Waals surface area contributed by atoms with Crippen LogP contribution in [0.2, 0.25) is 0 Å². The number of ether oxygens (including phenoxy) is 3. The number of imide groups is 1. The van der Waals surface area contributed by atoms with Crippen molar-refractivity contribution in [3.05, 3.63) is 36.2 Å². The van der Waals surface area contributed by atoms with Crippen LogP contribution in [-0.2, 0) is 15.7 Å². The highest BCUT2D eigenvalue weighted by molar-refractivity contribution is 6.08. The van der Waals surface area contributed by atoms with E-state index in [0.29, 0.717) is 11.3 Å². The number of benzene rings is 1. The lowest BCUT2D eigenvalue weighted by Gasteiger charge is -2.27. The molecular weight excluding hydrogens is 493 g/mol. The number of rotatable bonds is 7. The molecule has 0 aliphatic heterocycles. The summed E-state index contributed by atoms with van der Waals surface area (Å²) in [6.45, 7) is 10.3. The summed E-state index contributed by atoms with van der Waals surface area (Å²) in [4.78, 5) is 33.4. The number of halogens is 3. The number of carbonyl (C=O) groups excluding carboxylic acids is 2. The second-order valence-electron chi connectivity index (χ2n) is 10.3. The van der Waals surface area contributed by atoms with Crippen LogP contribution in [0.3, 0.4) is 0 Å². The first kappa shape index (κ1) is 29.8. The van der Waals surface area contributed by atoms with E-state index in [1.54, 1.807) is 27.7 Å². The van der Waals surface area contributed by atoms with Gasteiger partial charge >= 0.3 is 18.4 Å². The summed E-state index contributed by atoms with van der Waals surface area (Å²) in [5.74, 6) is -0.385. The van der Waals surface area contributed by atoms with Gasteiger partial charge in [-0.05, 0) is 58.2 Å². The Labute approximate surface area is 214 Å². The molecule has 204 valence electrons. The van der Waals surface area contributed by atoms with Gasteiger partial charge in [0.05, 0.1) is 18.4 Å². The van der Waals surface area contributed by atoms with E-state index < -0.39 is 35.1 Å². The molecule has 2 N–H and O–H groups in total. The van der Waals surface area contributed by atoms with Crippen LogP contribution in [0.5, 0.6) is 5.75 Å². The molecule has 0 bridgehead atoms. The molecule has 9 nitrogen and oxygen atoms in total. The predicted octanol–water partition coefficient (Wildman–Crippen LogP) is 5.81. The SMILES string of the molecule is COC(=O)N(C(=O)OC(C)(C)C)c1cc(-c2ccc(OC[C@@](C)(N)CC(C)C)c(C(F)(F)F)c2)ncn1. The summed E-state index contributed by atoms with van der Waals surface area (Å²) in [5.41, 5.74) is 3.47. The van der Waals surface area contributed by atoms with Gasteiger partial charge in [-0.3, -0.25) is 0 Å². The Morgan fingerprint density at radius 1 is 1.05 bits per heavy atom. The number of nitrogens with zero attached hydrogens (tertiary/aromatic N) is 3. The molecule has 1 aromatic carbocycles. The molecule has 1 heterocycles. The lowest BCUT2D eigenvalue weighted by Crippen LogP contribution is -2.43. The Balaban J connectivity index is 2.46. The number of nitrogens with two attached hydrogens (primary N) is 1. The molecule has 2 amide bonds. The zero-order valence-corrected chi connectivity index (χ0v) is 22.0. The van der Waals surface area contributed by atoms with Gasteiger partial charge in [-0.15, -0.1) is 0 Å². The summed E-state index contributed by atoms with van der Waals surface area (Å²) in [6.07, 6.45) is -5.34. The summed E-state index contributed by atoms with van der Waals surface area (Å²) in [5, 5.41) is 0. The topological polar surface area (TPSA) is 117 Å². The quantitative estimate of drug-likeness (QED) is 0.480. The van der Waals surface area contributed by atoms with Gasteiger partial charge in [-0.25, -0.2) is 19.6 Å². The average Bonchev–Trinajstić information content (AvgIpc) is 2.75. The minimum Gasteiger partial charge on any atom is -0.491 e. The summed E-state index contributed by atoms with van der Waals surface area (Å²) in [7, 11) is 1.06. The maximum absolute atomic E-state index is 13.9. The van der Waals surface area contributed by atoms with Crippen molar-refractivity contribution >= 4 is 18.0 Å². The average molecular weight is 527 g/mol. The van der Waals surface area contributed by atoms with Crippen LogP contribution in [0.1, 0.15) is 53.5 Å². The molecule has 2 aromatic rings. The maximum Gasteiger partial charge on any atom is 0.425 e. The van der Waals surface area contributed by atoms with E-state index in [0.717, 1.165) is 19.5 Å². The van der Waals surface area contributed by atoms with Crippen molar-refractivity contribution in [2.24, 2.45) is 11.7 Å². The van der Waals surface area contributed by atoms with E-state index in [1.165, 1.54) is 18.2 Å². The van der Waals surface area contributed by atoms with Gasteiger partial charge in [0, 0.05) is 17.2 Å². The van der Waals surface area contributed by atoms with Crippen molar-refractivity contribution in [3.8, 4) is 17.0 Å². The fourth-order valence-electron chi connectivity index (χ4n) is 3.56. The third-order valence-corrected chi connectivity index (χ3v) is 4.83. The van der Waals surface area contributed by atoms with Crippen molar-refractivity contribution in [2.45, 2.75) is 65.3 Å². The highest BCUT2D eigenvalue weighted by atomic mass is 19.4. The van der Waals surface area contributed by atoms with Crippen LogP contribution in [0, 0.1) is 5.92 Å². The van der Waals surface area contributed by atoms with Crippen LogP contribution in [0.15, 0.2) is 30.6 Å². The fourth-order valence-corrected chi connectivity index (χ4v) is 3.56. The Morgan fingerprint density at radius 2 is 1.70 bits per heavy atom. The molecule has 0 radical (unpaired) electrons. The second kappa shape index (κ2) is 11.3. The van der Waals surface area contributed by atoms with Crippen molar-refractivity contribution in [1.82, 2.24) is 9.97 Å². The Hall–Kier alpha value is -3.41. The number of methoxy groups -OCH3 is 1. The van der Waals surface area contributed by atoms with Crippen LogP contribution in [0.4, 0.5) is 28.6 Å². The maximum atomic E-state index is 13.9. The first-order valence-corrected chi connectivity index (χ1v) is 11.5. The van der Waals surface area contributed by atoms with Gasteiger partial charge in [0.2, 0.25) is 0 Å². The molecule has 12 heteroatoms. The Bertz CT molecular complexity index is 1110. The molecule has 37 heavy (non-hydrogen) atoms. The summed E-state index contributed by atoms with van der Waals surface area (Å²) < 4.78 is 57.2. The predicted molar refractivity (Wildman–Crippen MR) is 131 cm³/mol. The monoisotopic (exact) mass is 526 g/mol. The molecule has 0 aliphatic carbocycles. The Morgan fingerprint density at radius 3 is 2.24 bits per heavy atom. The lowest BCUT2D eigenvalue weighted by molar-refractivity contribution is -0.139. The molecule has 2 rings (SSSR count). The molecule has 0 unspecified atom stereocenters. The highest BCUT2D eigenvalue weighted by Gasteiger charge is 2.36. The third kappa shape index (κ3) is 8.59. The molecular formula is C25H33F3N4O5. The number of amides is 2. The van der Waals surface area contributed by atoms with E-state index in [2.05, 4.69) is 14.7 Å². The van der Waals surface area contributed by atoms with Gasteiger partial charge in [0.1, 0.15) is 24.3 Å². The molecule has 1 aromatic heterocycles. The number of hydrogen-bond acceptors (Lipinski definition) is 8. The van der Waals surface area contributed by atoms with Crippen LogP contribution in [0.25, 0.3) is 11.3 Å². The molecule has 0 fully saturated rings. The van der Waals surface area contributed by atoms with Gasteiger partial charge in [-0.2, -0.15) is 18.1 Å². The van der Waals surface area contributed by atoms with E-state index in [-0.39, 0.29) is 35.3 Å². The number of carbonyl (C=O) groups is 2. The molecule has 0 saturated heterocycles. The molecule has 1 atom stereocenters. The van der Waals surface area contributed by atoms with E-state index in [1.807, 2.05) is 13.8 Å². The van der Waals surface area contributed by atoms with Gasteiger partial charge < -0.3 is 19.9 Å². The molecule has 0 saturated carbocycles. The zero-order chi connectivity index (χ0) is 28.2. The fraction of sp³-hybridized carbons (Fsp3) is 0.520. The lowest BCUT2D eigenvalue weighted by atomic mass is 9.93. The Kier molecular flexibility index (Phi) is 9.13. The largest absolute Gasteiger partial charge is 0.491 e. The van der Waals surface area contributed by atoms with Crippen molar-refractivity contribution in [2.75, 3.05) is 18.6 Å². The van der Waals surface area contributed by atoms with Crippen LogP contribution in [-0.4, -0.2) is 47.0 Å². The van der Waals surface area contributed by atoms with Crippen molar-refractivity contribution in [1.29, 1.82) is 0 Å². The molecule has 0 spiro atoms.